The van der Waals surface area contributed by atoms with Crippen LogP contribution in [-0.2, 0) is 28.7 Å². The highest BCUT2D eigenvalue weighted by molar-refractivity contribution is 5.87. The van der Waals surface area contributed by atoms with Crippen molar-refractivity contribution >= 4 is 23.4 Å². The molecule has 10 heteroatoms. The van der Waals surface area contributed by atoms with Crippen molar-refractivity contribution in [2.45, 2.75) is 45.1 Å². The van der Waals surface area contributed by atoms with E-state index in [1.807, 2.05) is 25.1 Å². The molecule has 0 aliphatic rings. The van der Waals surface area contributed by atoms with Gasteiger partial charge >= 0.3 is 18.3 Å². The lowest BCUT2D eigenvalue weighted by molar-refractivity contribution is -0.185. The summed E-state index contributed by atoms with van der Waals surface area (Å²) in [5.41, 5.74) is 17.1. The van der Waals surface area contributed by atoms with Gasteiger partial charge in [-0.05, 0) is 108 Å². The van der Waals surface area contributed by atoms with Gasteiger partial charge in [0.2, 0.25) is 0 Å². The molecule has 4 aromatic rings. The number of hydrogen-bond acceptors (Lipinski definition) is 5. The number of ether oxygens (including phenoxy) is 2. The molecule has 0 radical (unpaired) electrons. The molecule has 4 rings (SSSR count). The van der Waals surface area contributed by atoms with Gasteiger partial charge in [0.25, 0.3) is 0 Å². The molecule has 0 amide bonds. The number of alkyl halides is 5. The minimum atomic E-state index is -4.25. The van der Waals surface area contributed by atoms with E-state index in [4.69, 9.17) is 20.9 Å². The minimum absolute atomic E-state index is 0.0240. The van der Waals surface area contributed by atoms with Crippen LogP contribution in [0.5, 0.6) is 5.75 Å². The third-order valence-electron chi connectivity index (χ3n) is 6.79. The minimum Gasteiger partial charge on any atom is -0.458 e. The Morgan fingerprint density at radius 1 is 0.818 bits per heavy atom. The van der Waals surface area contributed by atoms with Crippen LogP contribution < -0.4 is 16.2 Å². The Morgan fingerprint density at radius 3 is 2.09 bits per heavy atom. The summed E-state index contributed by atoms with van der Waals surface area (Å²) in [6.45, 7) is 1.91. The second kappa shape index (κ2) is 13.6. The fourth-order valence-electron chi connectivity index (χ4n) is 4.56. The van der Waals surface area contributed by atoms with Gasteiger partial charge in [-0.2, -0.15) is 22.0 Å². The largest absolute Gasteiger partial charge is 0.458 e. The summed E-state index contributed by atoms with van der Waals surface area (Å²) in [6.07, 6.45) is -6.16. The Kier molecular flexibility index (Phi) is 9.93. The molecular weight excluding hydrogens is 579 g/mol. The Bertz CT molecular complexity index is 1620. The van der Waals surface area contributed by atoms with E-state index in [1.54, 1.807) is 18.2 Å². The molecule has 0 aliphatic carbocycles. The lowest BCUT2D eigenvalue weighted by Gasteiger charge is -2.18. The predicted octanol–water partition coefficient (Wildman–Crippen LogP) is 8.60. The number of halogens is 5. The monoisotopic (exact) mass is 610 g/mol. The van der Waals surface area contributed by atoms with E-state index >= 15 is 0 Å². The predicted molar refractivity (Wildman–Crippen MR) is 161 cm³/mol. The summed E-state index contributed by atoms with van der Waals surface area (Å²) in [4.78, 5) is 12.4. The fraction of sp³-hybridized carbons (Fsp3) is 0.206. The van der Waals surface area contributed by atoms with Crippen molar-refractivity contribution in [3.8, 4) is 16.9 Å². The molecule has 5 nitrogen and oxygen atoms in total. The van der Waals surface area contributed by atoms with Crippen LogP contribution in [0.3, 0.4) is 0 Å². The van der Waals surface area contributed by atoms with Crippen LogP contribution in [-0.4, -0.2) is 12.1 Å². The summed E-state index contributed by atoms with van der Waals surface area (Å²) >= 11 is 0. The van der Waals surface area contributed by atoms with Gasteiger partial charge in [-0.3, -0.25) is 0 Å². The number of aryl methyl sites for hydroxylation is 2. The molecule has 0 aliphatic heterocycles. The SMILES string of the molecule is Cc1cc(N)ccc1-c1ccc(N)cc1COC(=O)/C=C/c1ccc(OC(F)(F)c2ccc(CCCC(F)(F)F)cc2)cc1. The topological polar surface area (TPSA) is 87.6 Å². The van der Waals surface area contributed by atoms with Crippen molar-refractivity contribution in [3.63, 3.8) is 0 Å². The fourth-order valence-corrected chi connectivity index (χ4v) is 4.56. The average molecular weight is 611 g/mol. The van der Waals surface area contributed by atoms with Gasteiger partial charge in [0.15, 0.2) is 0 Å². The Morgan fingerprint density at radius 2 is 1.45 bits per heavy atom. The van der Waals surface area contributed by atoms with E-state index in [-0.39, 0.29) is 25.2 Å². The van der Waals surface area contributed by atoms with Crippen molar-refractivity contribution in [2.24, 2.45) is 0 Å². The van der Waals surface area contributed by atoms with E-state index in [0.29, 0.717) is 22.5 Å². The number of anilines is 2. The zero-order valence-corrected chi connectivity index (χ0v) is 23.8. The lowest BCUT2D eigenvalue weighted by atomic mass is 9.95. The van der Waals surface area contributed by atoms with Gasteiger partial charge in [0.05, 0.1) is 5.56 Å². The number of carbonyl (C=O) groups is 1. The van der Waals surface area contributed by atoms with Gasteiger partial charge < -0.3 is 20.9 Å². The van der Waals surface area contributed by atoms with Gasteiger partial charge in [0, 0.05) is 23.9 Å². The van der Waals surface area contributed by atoms with E-state index < -0.39 is 30.2 Å². The second-order valence-corrected chi connectivity index (χ2v) is 10.3. The van der Waals surface area contributed by atoms with Crippen LogP contribution in [0.25, 0.3) is 17.2 Å². The normalized spacial score (nSPS) is 12.0. The maximum Gasteiger partial charge on any atom is 0.426 e. The number of benzene rings is 4. The first kappa shape index (κ1) is 32.1. The van der Waals surface area contributed by atoms with Crippen molar-refractivity contribution in [2.75, 3.05) is 11.5 Å². The maximum absolute atomic E-state index is 14.7. The molecule has 0 saturated carbocycles. The molecule has 0 unspecified atom stereocenters. The summed E-state index contributed by atoms with van der Waals surface area (Å²) in [6, 6.07) is 21.6. The van der Waals surface area contributed by atoms with Gasteiger partial charge in [-0.25, -0.2) is 4.79 Å². The standard InChI is InChI=1S/C34H31F5N2O3/c1-22-19-27(40)11-15-30(22)31-16-12-28(41)20-25(31)21-43-32(42)17-8-24-6-13-29(14-7-24)44-34(38,39)26-9-4-23(5-10-26)3-2-18-33(35,36)37/h4-17,19-20H,2-3,18,21,40-41H2,1H3/b17-8+. The lowest BCUT2D eigenvalue weighted by Crippen LogP contribution is -2.21. The van der Waals surface area contributed by atoms with Crippen molar-refractivity contribution < 1.29 is 36.2 Å². The molecule has 0 saturated heterocycles. The summed E-state index contributed by atoms with van der Waals surface area (Å²) in [7, 11) is 0. The zero-order valence-electron chi connectivity index (χ0n) is 23.8. The number of esters is 1. The van der Waals surface area contributed by atoms with Gasteiger partial charge in [-0.1, -0.05) is 36.4 Å². The van der Waals surface area contributed by atoms with E-state index in [2.05, 4.69) is 0 Å². The molecule has 0 fully saturated rings. The van der Waals surface area contributed by atoms with E-state index in [1.165, 1.54) is 48.6 Å². The molecule has 0 heterocycles. The van der Waals surface area contributed by atoms with E-state index in [9.17, 15) is 26.7 Å². The second-order valence-electron chi connectivity index (χ2n) is 10.3. The van der Waals surface area contributed by atoms with Crippen molar-refractivity contribution in [3.05, 3.63) is 119 Å². The first-order valence-electron chi connectivity index (χ1n) is 13.7. The first-order chi connectivity index (χ1) is 20.8. The van der Waals surface area contributed by atoms with Gasteiger partial charge in [-0.15, -0.1) is 0 Å². The van der Waals surface area contributed by atoms with Crippen LogP contribution in [0.2, 0.25) is 0 Å². The highest BCUT2D eigenvalue weighted by atomic mass is 19.4. The van der Waals surface area contributed by atoms with Gasteiger partial charge in [0.1, 0.15) is 12.4 Å². The molecule has 4 aromatic carbocycles. The van der Waals surface area contributed by atoms with Crippen LogP contribution in [0.4, 0.5) is 33.3 Å². The zero-order chi connectivity index (χ0) is 31.9. The first-order valence-corrected chi connectivity index (χ1v) is 13.7. The molecular formula is C34H31F5N2O3. The average Bonchev–Trinajstić information content (AvgIpc) is 2.96. The van der Waals surface area contributed by atoms with Crippen LogP contribution in [0.1, 0.15) is 40.7 Å². The number of carbonyl (C=O) groups excluding carboxylic acids is 1. The summed E-state index contributed by atoms with van der Waals surface area (Å²) in [5, 5.41) is 0. The summed E-state index contributed by atoms with van der Waals surface area (Å²) < 4.78 is 76.7. The highest BCUT2D eigenvalue weighted by Gasteiger charge is 2.34. The smallest absolute Gasteiger partial charge is 0.426 e. The van der Waals surface area contributed by atoms with Crippen molar-refractivity contribution in [1.29, 1.82) is 0 Å². The Hall–Kier alpha value is -4.86. The molecule has 4 N–H and O–H groups in total. The number of nitrogens with two attached hydrogens (primary N) is 2. The molecule has 44 heavy (non-hydrogen) atoms. The third kappa shape index (κ3) is 9.07. The molecule has 0 spiro atoms. The van der Waals surface area contributed by atoms with Crippen LogP contribution >= 0.6 is 0 Å². The van der Waals surface area contributed by atoms with Crippen LogP contribution in [0, 0.1) is 6.92 Å². The Balaban J connectivity index is 1.33. The molecule has 0 atom stereocenters. The number of hydrogen-bond donors (Lipinski definition) is 2. The number of nitrogen functional groups attached to an aromatic ring is 2. The Labute approximate surface area is 251 Å². The molecule has 230 valence electrons. The molecule has 0 aromatic heterocycles. The van der Waals surface area contributed by atoms with E-state index in [0.717, 1.165) is 34.4 Å². The quantitative estimate of drug-likeness (QED) is 0.0769. The third-order valence-corrected chi connectivity index (χ3v) is 6.79. The van der Waals surface area contributed by atoms with Crippen molar-refractivity contribution in [1.82, 2.24) is 0 Å². The number of rotatable bonds is 11. The van der Waals surface area contributed by atoms with Crippen LogP contribution in [0.15, 0.2) is 91.0 Å². The maximum atomic E-state index is 14.7. The highest BCUT2D eigenvalue weighted by Crippen LogP contribution is 2.33. The summed E-state index contributed by atoms with van der Waals surface area (Å²) in [5.74, 6) is -0.725. The molecule has 0 bridgehead atoms.